The van der Waals surface area contributed by atoms with Crippen LogP contribution in [0.15, 0.2) is 36.5 Å². The van der Waals surface area contributed by atoms with Gasteiger partial charge in [0, 0.05) is 30.4 Å². The van der Waals surface area contributed by atoms with E-state index >= 15 is 0 Å². The van der Waals surface area contributed by atoms with Crippen LogP contribution in [0.1, 0.15) is 15.9 Å². The fourth-order valence-electron chi connectivity index (χ4n) is 1.56. The molecule has 5 nitrogen and oxygen atoms in total. The number of hydrogen-bond donors (Lipinski definition) is 2. The zero-order valence-electron chi connectivity index (χ0n) is 10.6. The SMILES string of the molecule is Cn1ccc(NC(=O)c2cccc(C#CCN)c2)n1. The fraction of sp³-hybridized carbons (Fsp3) is 0.143. The van der Waals surface area contributed by atoms with E-state index in [4.69, 9.17) is 5.73 Å². The summed E-state index contributed by atoms with van der Waals surface area (Å²) >= 11 is 0. The number of aryl methyl sites for hydroxylation is 1. The van der Waals surface area contributed by atoms with Crippen LogP contribution in [0.2, 0.25) is 0 Å². The fourth-order valence-corrected chi connectivity index (χ4v) is 1.56. The molecule has 0 radical (unpaired) electrons. The van der Waals surface area contributed by atoms with Crippen LogP contribution in [-0.2, 0) is 7.05 Å². The molecule has 0 aliphatic heterocycles. The van der Waals surface area contributed by atoms with Crippen LogP contribution in [0.4, 0.5) is 5.82 Å². The smallest absolute Gasteiger partial charge is 0.256 e. The van der Waals surface area contributed by atoms with E-state index in [1.807, 2.05) is 6.07 Å². The van der Waals surface area contributed by atoms with Crippen molar-refractivity contribution >= 4 is 11.7 Å². The van der Waals surface area contributed by atoms with Gasteiger partial charge in [-0.05, 0) is 18.2 Å². The highest BCUT2D eigenvalue weighted by molar-refractivity contribution is 6.03. The topological polar surface area (TPSA) is 72.9 Å². The Kier molecular flexibility index (Phi) is 3.96. The Labute approximate surface area is 111 Å². The summed E-state index contributed by atoms with van der Waals surface area (Å²) < 4.78 is 1.62. The van der Waals surface area contributed by atoms with E-state index in [-0.39, 0.29) is 5.91 Å². The summed E-state index contributed by atoms with van der Waals surface area (Å²) in [5, 5.41) is 6.81. The summed E-state index contributed by atoms with van der Waals surface area (Å²) in [5.41, 5.74) is 6.61. The first kappa shape index (κ1) is 12.9. The van der Waals surface area contributed by atoms with Crippen molar-refractivity contribution in [3.05, 3.63) is 47.7 Å². The molecular weight excluding hydrogens is 240 g/mol. The van der Waals surface area contributed by atoms with Gasteiger partial charge in [-0.25, -0.2) is 0 Å². The predicted molar refractivity (Wildman–Crippen MR) is 73.5 cm³/mol. The average molecular weight is 254 g/mol. The number of benzene rings is 1. The van der Waals surface area contributed by atoms with Crippen LogP contribution < -0.4 is 11.1 Å². The molecule has 0 fully saturated rings. The minimum atomic E-state index is -0.213. The summed E-state index contributed by atoms with van der Waals surface area (Å²) in [6.45, 7) is 0.296. The van der Waals surface area contributed by atoms with Crippen molar-refractivity contribution in [2.75, 3.05) is 11.9 Å². The lowest BCUT2D eigenvalue weighted by atomic mass is 10.1. The molecule has 1 aromatic carbocycles. The molecule has 0 bridgehead atoms. The Bertz CT molecular complexity index is 649. The quantitative estimate of drug-likeness (QED) is 0.785. The van der Waals surface area contributed by atoms with Gasteiger partial charge in [-0.15, -0.1) is 0 Å². The van der Waals surface area contributed by atoms with Crippen molar-refractivity contribution in [3.8, 4) is 11.8 Å². The first-order valence-electron chi connectivity index (χ1n) is 5.79. The van der Waals surface area contributed by atoms with E-state index in [0.717, 1.165) is 5.56 Å². The number of nitrogens with one attached hydrogen (secondary N) is 1. The van der Waals surface area contributed by atoms with Gasteiger partial charge in [0.05, 0.1) is 6.54 Å². The number of carbonyl (C=O) groups is 1. The molecule has 2 rings (SSSR count). The van der Waals surface area contributed by atoms with Gasteiger partial charge in [0.15, 0.2) is 5.82 Å². The Morgan fingerprint density at radius 3 is 3.00 bits per heavy atom. The van der Waals surface area contributed by atoms with Crippen LogP contribution in [0, 0.1) is 11.8 Å². The Balaban J connectivity index is 2.15. The molecule has 0 unspecified atom stereocenters. The molecular formula is C14H14N4O. The zero-order valence-corrected chi connectivity index (χ0v) is 10.6. The lowest BCUT2D eigenvalue weighted by Crippen LogP contribution is -2.12. The third kappa shape index (κ3) is 3.44. The van der Waals surface area contributed by atoms with Crippen LogP contribution in [0.5, 0.6) is 0 Å². The molecule has 5 heteroatoms. The molecule has 0 aliphatic rings. The third-order valence-electron chi connectivity index (χ3n) is 2.41. The summed E-state index contributed by atoms with van der Waals surface area (Å²) in [7, 11) is 1.79. The molecule has 1 aromatic heterocycles. The summed E-state index contributed by atoms with van der Waals surface area (Å²) in [6, 6.07) is 8.80. The van der Waals surface area contributed by atoms with E-state index in [2.05, 4.69) is 22.3 Å². The van der Waals surface area contributed by atoms with Gasteiger partial charge in [-0.2, -0.15) is 5.10 Å². The second kappa shape index (κ2) is 5.85. The average Bonchev–Trinajstić information content (AvgIpc) is 2.82. The maximum Gasteiger partial charge on any atom is 0.256 e. The number of nitrogens with zero attached hydrogens (tertiary/aromatic N) is 2. The van der Waals surface area contributed by atoms with Crippen LogP contribution >= 0.6 is 0 Å². The minimum absolute atomic E-state index is 0.213. The van der Waals surface area contributed by atoms with Gasteiger partial charge < -0.3 is 11.1 Å². The van der Waals surface area contributed by atoms with Crippen molar-refractivity contribution in [1.82, 2.24) is 9.78 Å². The van der Waals surface area contributed by atoms with Crippen molar-refractivity contribution in [2.45, 2.75) is 0 Å². The number of rotatable bonds is 2. The molecule has 2 aromatic rings. The number of carbonyl (C=O) groups excluding carboxylic acids is 1. The molecule has 96 valence electrons. The maximum absolute atomic E-state index is 12.0. The van der Waals surface area contributed by atoms with E-state index in [1.165, 1.54) is 0 Å². The maximum atomic E-state index is 12.0. The first-order valence-corrected chi connectivity index (χ1v) is 5.79. The molecule has 0 saturated carbocycles. The van der Waals surface area contributed by atoms with Crippen molar-refractivity contribution in [3.63, 3.8) is 0 Å². The van der Waals surface area contributed by atoms with E-state index in [0.29, 0.717) is 17.9 Å². The summed E-state index contributed by atoms with van der Waals surface area (Å²) in [4.78, 5) is 12.0. The highest BCUT2D eigenvalue weighted by Gasteiger charge is 2.07. The van der Waals surface area contributed by atoms with Crippen LogP contribution in [0.3, 0.4) is 0 Å². The Hall–Kier alpha value is -2.58. The van der Waals surface area contributed by atoms with Crippen LogP contribution in [-0.4, -0.2) is 22.2 Å². The number of hydrogen-bond acceptors (Lipinski definition) is 3. The molecule has 1 amide bonds. The van der Waals surface area contributed by atoms with Gasteiger partial charge in [0.1, 0.15) is 0 Å². The predicted octanol–water partition coefficient (Wildman–Crippen LogP) is 0.983. The van der Waals surface area contributed by atoms with Gasteiger partial charge in [-0.3, -0.25) is 9.48 Å². The third-order valence-corrected chi connectivity index (χ3v) is 2.41. The number of nitrogens with two attached hydrogens (primary N) is 1. The highest BCUT2D eigenvalue weighted by atomic mass is 16.1. The molecule has 1 heterocycles. The van der Waals surface area contributed by atoms with E-state index in [9.17, 15) is 4.79 Å². The molecule has 0 spiro atoms. The van der Waals surface area contributed by atoms with E-state index in [1.54, 1.807) is 42.2 Å². The normalized spacial score (nSPS) is 9.58. The van der Waals surface area contributed by atoms with Crippen molar-refractivity contribution < 1.29 is 4.79 Å². The Morgan fingerprint density at radius 2 is 2.32 bits per heavy atom. The first-order chi connectivity index (χ1) is 9.19. The van der Waals surface area contributed by atoms with Gasteiger partial charge in [0.25, 0.3) is 5.91 Å². The summed E-state index contributed by atoms with van der Waals surface area (Å²) in [5.74, 6) is 5.95. The monoisotopic (exact) mass is 254 g/mol. The van der Waals surface area contributed by atoms with Gasteiger partial charge >= 0.3 is 0 Å². The lowest BCUT2D eigenvalue weighted by molar-refractivity contribution is 0.102. The largest absolute Gasteiger partial charge is 0.320 e. The lowest BCUT2D eigenvalue weighted by Gasteiger charge is -2.02. The molecule has 19 heavy (non-hydrogen) atoms. The minimum Gasteiger partial charge on any atom is -0.320 e. The molecule has 0 aliphatic carbocycles. The highest BCUT2D eigenvalue weighted by Crippen LogP contribution is 2.08. The molecule has 0 saturated heterocycles. The van der Waals surface area contributed by atoms with E-state index < -0.39 is 0 Å². The summed E-state index contributed by atoms with van der Waals surface area (Å²) in [6.07, 6.45) is 1.76. The van der Waals surface area contributed by atoms with Crippen LogP contribution in [0.25, 0.3) is 0 Å². The standard InChI is InChI=1S/C14H14N4O/c1-18-9-7-13(17-18)16-14(19)12-6-2-4-11(10-12)5-3-8-15/h2,4,6-7,9-10H,8,15H2,1H3,(H,16,17,19). The Morgan fingerprint density at radius 1 is 1.47 bits per heavy atom. The molecule has 0 atom stereocenters. The number of amides is 1. The number of aromatic nitrogens is 2. The van der Waals surface area contributed by atoms with Gasteiger partial charge in [-0.1, -0.05) is 17.9 Å². The zero-order chi connectivity index (χ0) is 13.7. The van der Waals surface area contributed by atoms with Crippen molar-refractivity contribution in [1.29, 1.82) is 0 Å². The van der Waals surface area contributed by atoms with Crippen molar-refractivity contribution in [2.24, 2.45) is 12.8 Å². The second-order valence-corrected chi connectivity index (χ2v) is 3.92. The molecule has 3 N–H and O–H groups in total. The number of anilines is 1. The second-order valence-electron chi connectivity index (χ2n) is 3.92. The van der Waals surface area contributed by atoms with Gasteiger partial charge in [0.2, 0.25) is 0 Å².